The molecule has 222 valence electrons. The van der Waals surface area contributed by atoms with Crippen LogP contribution in [-0.2, 0) is 19.1 Å². The predicted molar refractivity (Wildman–Crippen MR) is 158 cm³/mol. The number of hydrogen-bond acceptors (Lipinski definition) is 3. The van der Waals surface area contributed by atoms with Gasteiger partial charge in [0, 0.05) is 36.6 Å². The number of piperidine rings is 1. The smallest absolute Gasteiger partial charge is 0.371 e. The number of halogens is 4. The molecule has 2 amide bonds. The van der Waals surface area contributed by atoms with Crippen molar-refractivity contribution < 1.29 is 27.2 Å². The van der Waals surface area contributed by atoms with Crippen molar-refractivity contribution in [3.8, 4) is 0 Å². The van der Waals surface area contributed by atoms with Gasteiger partial charge in [0.05, 0.1) is 11.1 Å². The van der Waals surface area contributed by atoms with E-state index in [2.05, 4.69) is 27.7 Å². The van der Waals surface area contributed by atoms with E-state index in [-0.39, 0.29) is 29.5 Å². The summed E-state index contributed by atoms with van der Waals surface area (Å²) in [6.07, 6.45) is -1.71. The molecule has 0 unspecified atom stereocenters. The van der Waals surface area contributed by atoms with Crippen LogP contribution < -0.4 is 15.5 Å². The number of anilines is 2. The Kier molecular flexibility index (Phi) is 9.09. The molecule has 0 aromatic heterocycles. The fourth-order valence-electron chi connectivity index (χ4n) is 5.32. The fraction of sp³-hybridized carbons (Fsp3) is 0.235. The summed E-state index contributed by atoms with van der Waals surface area (Å²) in [5.41, 5.74) is 2.23. The van der Waals surface area contributed by atoms with E-state index in [0.29, 0.717) is 22.7 Å². The van der Waals surface area contributed by atoms with Crippen molar-refractivity contribution in [1.29, 1.82) is 0 Å². The standard InChI is InChI=1S/C34H31F4N3O2/c35-28-11-9-25(10-12-28)22-39-33(43)30-21-29(40-32(42)26-7-4-8-27(20-26)34(36,37)38)13-14-31(30)41-17-15-24(16-18-41)19-23-5-2-1-3-6-23/h1-14,20-21,24H,15-19,22H2,(H,39,43)(H,40,42). The van der Waals surface area contributed by atoms with Crippen LogP contribution in [0, 0.1) is 11.7 Å². The van der Waals surface area contributed by atoms with Gasteiger partial charge in [0.1, 0.15) is 5.82 Å². The van der Waals surface area contributed by atoms with Crippen molar-refractivity contribution in [2.75, 3.05) is 23.3 Å². The number of nitrogens with zero attached hydrogens (tertiary/aromatic N) is 1. The third-order valence-corrected chi connectivity index (χ3v) is 7.64. The maximum atomic E-state index is 13.5. The van der Waals surface area contributed by atoms with Gasteiger partial charge in [0.2, 0.25) is 0 Å². The second kappa shape index (κ2) is 13.1. The van der Waals surface area contributed by atoms with Crippen molar-refractivity contribution in [3.05, 3.63) is 131 Å². The van der Waals surface area contributed by atoms with Crippen LogP contribution >= 0.6 is 0 Å². The van der Waals surface area contributed by atoms with Gasteiger partial charge in [-0.3, -0.25) is 9.59 Å². The lowest BCUT2D eigenvalue weighted by atomic mass is 9.89. The molecular formula is C34H31F4N3O2. The summed E-state index contributed by atoms with van der Waals surface area (Å²) in [6, 6.07) is 25.2. The van der Waals surface area contributed by atoms with Crippen LogP contribution in [0.25, 0.3) is 0 Å². The van der Waals surface area contributed by atoms with Gasteiger partial charge in [-0.05, 0) is 84.8 Å². The minimum atomic E-state index is -4.58. The quantitative estimate of drug-likeness (QED) is 0.210. The summed E-state index contributed by atoms with van der Waals surface area (Å²) >= 11 is 0. The molecule has 0 radical (unpaired) electrons. The first-order valence-corrected chi connectivity index (χ1v) is 14.1. The van der Waals surface area contributed by atoms with E-state index < -0.39 is 17.6 Å². The Bertz CT molecular complexity index is 1570. The molecule has 1 heterocycles. The average molecular weight is 590 g/mol. The van der Waals surface area contributed by atoms with Crippen molar-refractivity contribution in [1.82, 2.24) is 5.32 Å². The Morgan fingerprint density at radius 3 is 2.21 bits per heavy atom. The zero-order valence-corrected chi connectivity index (χ0v) is 23.3. The van der Waals surface area contributed by atoms with Gasteiger partial charge in [-0.25, -0.2) is 4.39 Å². The second-order valence-electron chi connectivity index (χ2n) is 10.7. The molecule has 0 spiro atoms. The normalized spacial score (nSPS) is 13.9. The highest BCUT2D eigenvalue weighted by Gasteiger charge is 2.31. The molecule has 1 aliphatic rings. The summed E-state index contributed by atoms with van der Waals surface area (Å²) in [6.45, 7) is 1.65. The molecule has 4 aromatic carbocycles. The first-order valence-electron chi connectivity index (χ1n) is 14.1. The minimum Gasteiger partial charge on any atom is -0.371 e. The zero-order valence-electron chi connectivity index (χ0n) is 23.3. The number of amides is 2. The summed E-state index contributed by atoms with van der Waals surface area (Å²) in [7, 11) is 0. The van der Waals surface area contributed by atoms with Gasteiger partial charge in [-0.15, -0.1) is 0 Å². The van der Waals surface area contributed by atoms with E-state index >= 15 is 0 Å². The number of carbonyl (C=O) groups is 2. The van der Waals surface area contributed by atoms with Crippen molar-refractivity contribution in [3.63, 3.8) is 0 Å². The molecular weight excluding hydrogens is 558 g/mol. The number of rotatable bonds is 8. The van der Waals surface area contributed by atoms with E-state index in [1.54, 1.807) is 24.3 Å². The zero-order chi connectivity index (χ0) is 30.4. The molecule has 1 fully saturated rings. The van der Waals surface area contributed by atoms with Gasteiger partial charge >= 0.3 is 6.18 Å². The third-order valence-electron chi connectivity index (χ3n) is 7.64. The SMILES string of the molecule is O=C(Nc1ccc(N2CCC(Cc3ccccc3)CC2)c(C(=O)NCc2ccc(F)cc2)c1)c1cccc(C(F)(F)F)c1. The van der Waals surface area contributed by atoms with E-state index in [9.17, 15) is 27.2 Å². The molecule has 2 N–H and O–H groups in total. The van der Waals surface area contributed by atoms with Crippen molar-refractivity contribution in [2.45, 2.75) is 32.0 Å². The van der Waals surface area contributed by atoms with Crippen LogP contribution in [0.4, 0.5) is 28.9 Å². The summed E-state index contributed by atoms with van der Waals surface area (Å²) in [5, 5.41) is 5.50. The van der Waals surface area contributed by atoms with E-state index in [4.69, 9.17) is 0 Å². The fourth-order valence-corrected chi connectivity index (χ4v) is 5.32. The first kappa shape index (κ1) is 29.8. The van der Waals surface area contributed by atoms with Crippen LogP contribution in [0.1, 0.15) is 50.2 Å². The van der Waals surface area contributed by atoms with Gasteiger partial charge in [-0.2, -0.15) is 13.2 Å². The van der Waals surface area contributed by atoms with Crippen LogP contribution in [-0.4, -0.2) is 24.9 Å². The molecule has 0 bridgehead atoms. The largest absolute Gasteiger partial charge is 0.416 e. The molecule has 1 aliphatic heterocycles. The van der Waals surface area contributed by atoms with Gasteiger partial charge in [0.25, 0.3) is 11.8 Å². The maximum Gasteiger partial charge on any atom is 0.416 e. The predicted octanol–water partition coefficient (Wildman–Crippen LogP) is 7.49. The van der Waals surface area contributed by atoms with E-state index in [1.165, 1.54) is 35.9 Å². The van der Waals surface area contributed by atoms with Crippen molar-refractivity contribution in [2.24, 2.45) is 5.92 Å². The molecule has 43 heavy (non-hydrogen) atoms. The summed E-state index contributed by atoms with van der Waals surface area (Å²) in [4.78, 5) is 28.5. The molecule has 4 aromatic rings. The molecule has 5 rings (SSSR count). The molecule has 0 saturated carbocycles. The van der Waals surface area contributed by atoms with E-state index in [1.807, 2.05) is 18.2 Å². The number of alkyl halides is 3. The monoisotopic (exact) mass is 589 g/mol. The van der Waals surface area contributed by atoms with Crippen LogP contribution in [0.5, 0.6) is 0 Å². The Labute approximate surface area is 247 Å². The van der Waals surface area contributed by atoms with E-state index in [0.717, 1.165) is 44.5 Å². The Morgan fingerprint density at radius 1 is 0.791 bits per heavy atom. The molecule has 5 nitrogen and oxygen atoms in total. The lowest BCUT2D eigenvalue weighted by Gasteiger charge is -2.35. The lowest BCUT2D eigenvalue weighted by Crippen LogP contribution is -2.36. The number of benzene rings is 4. The Morgan fingerprint density at radius 2 is 1.51 bits per heavy atom. The molecule has 0 aliphatic carbocycles. The highest BCUT2D eigenvalue weighted by Crippen LogP contribution is 2.32. The highest BCUT2D eigenvalue weighted by atomic mass is 19.4. The number of hydrogen-bond donors (Lipinski definition) is 2. The maximum absolute atomic E-state index is 13.5. The second-order valence-corrected chi connectivity index (χ2v) is 10.7. The Hall–Kier alpha value is -4.66. The van der Waals surface area contributed by atoms with Crippen molar-refractivity contribution >= 4 is 23.2 Å². The van der Waals surface area contributed by atoms with Crippen LogP contribution in [0.15, 0.2) is 97.1 Å². The molecule has 9 heteroatoms. The molecule has 0 atom stereocenters. The highest BCUT2D eigenvalue weighted by molar-refractivity contribution is 6.06. The Balaban J connectivity index is 1.34. The van der Waals surface area contributed by atoms with Crippen LogP contribution in [0.3, 0.4) is 0 Å². The van der Waals surface area contributed by atoms with Gasteiger partial charge in [0.15, 0.2) is 0 Å². The topological polar surface area (TPSA) is 61.4 Å². The minimum absolute atomic E-state index is 0.151. The molecule has 1 saturated heterocycles. The number of carbonyl (C=O) groups excluding carboxylic acids is 2. The summed E-state index contributed by atoms with van der Waals surface area (Å²) < 4.78 is 52.8. The van der Waals surface area contributed by atoms with Crippen LogP contribution in [0.2, 0.25) is 0 Å². The summed E-state index contributed by atoms with van der Waals surface area (Å²) in [5.74, 6) is -0.975. The third kappa shape index (κ3) is 7.80. The first-order chi connectivity index (χ1) is 20.7. The lowest BCUT2D eigenvalue weighted by molar-refractivity contribution is -0.137. The average Bonchev–Trinajstić information content (AvgIpc) is 3.01. The number of nitrogens with one attached hydrogen (secondary N) is 2. The van der Waals surface area contributed by atoms with Gasteiger partial charge in [-0.1, -0.05) is 48.5 Å². The van der Waals surface area contributed by atoms with Gasteiger partial charge < -0.3 is 15.5 Å².